The van der Waals surface area contributed by atoms with Crippen LogP contribution in [0.3, 0.4) is 0 Å². The summed E-state index contributed by atoms with van der Waals surface area (Å²) in [4.78, 5) is 12.5. The lowest BCUT2D eigenvalue weighted by atomic mass is 10.3. The topological polar surface area (TPSA) is 57.6 Å². The number of hydrogen-bond donors (Lipinski definition) is 1. The Morgan fingerprint density at radius 1 is 1.50 bits per heavy atom. The summed E-state index contributed by atoms with van der Waals surface area (Å²) in [5.41, 5.74) is 0. The van der Waals surface area contributed by atoms with E-state index in [2.05, 4.69) is 0 Å². The van der Waals surface area contributed by atoms with E-state index in [0.717, 1.165) is 18.7 Å². The normalized spacial score (nSPS) is 26.8. The Balaban J connectivity index is 2.37. The first-order valence-corrected chi connectivity index (χ1v) is 6.46. The summed E-state index contributed by atoms with van der Waals surface area (Å²) in [6.07, 6.45) is 0.857. The fourth-order valence-electron chi connectivity index (χ4n) is 1.38. The van der Waals surface area contributed by atoms with Crippen LogP contribution in [0.4, 0.5) is 0 Å². The molecular formula is C8H14ClNO3S. The lowest BCUT2D eigenvalue weighted by Gasteiger charge is -2.20. The lowest BCUT2D eigenvalue weighted by molar-refractivity contribution is -0.136. The molecule has 4 nitrogen and oxygen atoms in total. The number of carboxylic acid groups (broad SMARTS) is 1. The Bertz CT molecular complexity index is 237. The van der Waals surface area contributed by atoms with Crippen LogP contribution in [0.15, 0.2) is 0 Å². The van der Waals surface area contributed by atoms with Gasteiger partial charge in [0.1, 0.15) is 5.38 Å². The van der Waals surface area contributed by atoms with Gasteiger partial charge in [0.25, 0.3) is 0 Å². The van der Waals surface area contributed by atoms with Crippen molar-refractivity contribution in [3.8, 4) is 0 Å². The summed E-state index contributed by atoms with van der Waals surface area (Å²) in [6.45, 7) is 1.82. The predicted molar refractivity (Wildman–Crippen MR) is 56.2 cm³/mol. The molecule has 2 atom stereocenters. The van der Waals surface area contributed by atoms with Gasteiger partial charge in [-0.05, 0) is 13.0 Å². The first kappa shape index (κ1) is 11.9. The molecule has 1 aliphatic heterocycles. The SMILES string of the molecule is O=C(O)C(Cl)CN1CCCS(=O)CC1. The second kappa shape index (κ2) is 5.68. The Morgan fingerprint density at radius 3 is 2.86 bits per heavy atom. The van der Waals surface area contributed by atoms with Crippen molar-refractivity contribution in [3.05, 3.63) is 0 Å². The molecule has 0 aliphatic carbocycles. The van der Waals surface area contributed by atoms with E-state index in [0.29, 0.717) is 18.8 Å². The molecule has 1 aliphatic rings. The Labute approximate surface area is 90.7 Å². The van der Waals surface area contributed by atoms with E-state index in [4.69, 9.17) is 16.7 Å². The predicted octanol–water partition coefficient (Wildman–Crippen LogP) is 0.133. The first-order valence-electron chi connectivity index (χ1n) is 4.54. The molecule has 1 N–H and O–H groups in total. The molecule has 1 fully saturated rings. The zero-order chi connectivity index (χ0) is 10.6. The van der Waals surface area contributed by atoms with E-state index in [9.17, 15) is 9.00 Å². The summed E-state index contributed by atoms with van der Waals surface area (Å²) >= 11 is 5.62. The number of carbonyl (C=O) groups is 1. The second-order valence-electron chi connectivity index (χ2n) is 3.31. The van der Waals surface area contributed by atoms with E-state index in [1.807, 2.05) is 4.90 Å². The van der Waals surface area contributed by atoms with Crippen LogP contribution in [0.5, 0.6) is 0 Å². The van der Waals surface area contributed by atoms with Crippen LogP contribution in [0.25, 0.3) is 0 Å². The number of carboxylic acids is 1. The van der Waals surface area contributed by atoms with Crippen LogP contribution in [-0.2, 0) is 15.6 Å². The van der Waals surface area contributed by atoms with Gasteiger partial charge in [0.15, 0.2) is 0 Å². The zero-order valence-electron chi connectivity index (χ0n) is 7.82. The van der Waals surface area contributed by atoms with E-state index in [1.54, 1.807) is 0 Å². The average molecular weight is 240 g/mol. The van der Waals surface area contributed by atoms with Crippen LogP contribution in [0, 0.1) is 0 Å². The summed E-state index contributed by atoms with van der Waals surface area (Å²) in [7, 11) is -0.736. The van der Waals surface area contributed by atoms with Gasteiger partial charge in [-0.15, -0.1) is 11.6 Å². The van der Waals surface area contributed by atoms with Crippen LogP contribution >= 0.6 is 11.6 Å². The maximum Gasteiger partial charge on any atom is 0.322 e. The Kier molecular flexibility index (Phi) is 4.84. The van der Waals surface area contributed by atoms with Crippen LogP contribution in [0.1, 0.15) is 6.42 Å². The monoisotopic (exact) mass is 239 g/mol. The summed E-state index contributed by atoms with van der Waals surface area (Å²) in [5, 5.41) is 7.76. The quantitative estimate of drug-likeness (QED) is 0.712. The van der Waals surface area contributed by atoms with E-state index >= 15 is 0 Å². The van der Waals surface area contributed by atoms with Gasteiger partial charge in [-0.25, -0.2) is 0 Å². The lowest BCUT2D eigenvalue weighted by Crippen LogP contribution is -2.35. The molecule has 0 aromatic carbocycles. The molecule has 6 heteroatoms. The van der Waals surface area contributed by atoms with Gasteiger partial charge in [0, 0.05) is 35.4 Å². The third-order valence-corrected chi connectivity index (χ3v) is 3.87. The van der Waals surface area contributed by atoms with Crippen LogP contribution < -0.4 is 0 Å². The molecule has 0 spiro atoms. The average Bonchev–Trinajstić information content (AvgIpc) is 2.31. The van der Waals surface area contributed by atoms with Gasteiger partial charge in [0.2, 0.25) is 0 Å². The molecule has 1 heterocycles. The third kappa shape index (κ3) is 3.94. The van der Waals surface area contributed by atoms with Crippen molar-refractivity contribution < 1.29 is 14.1 Å². The smallest absolute Gasteiger partial charge is 0.322 e. The van der Waals surface area contributed by atoms with Crippen molar-refractivity contribution in [2.45, 2.75) is 11.8 Å². The highest BCUT2D eigenvalue weighted by atomic mass is 35.5. The van der Waals surface area contributed by atoms with Crippen molar-refractivity contribution >= 4 is 28.4 Å². The summed E-state index contributed by atoms with van der Waals surface area (Å²) < 4.78 is 11.2. The number of hydrogen-bond acceptors (Lipinski definition) is 3. The van der Waals surface area contributed by atoms with Gasteiger partial charge >= 0.3 is 5.97 Å². The zero-order valence-corrected chi connectivity index (χ0v) is 9.39. The van der Waals surface area contributed by atoms with Crippen molar-refractivity contribution in [1.82, 2.24) is 4.90 Å². The Morgan fingerprint density at radius 2 is 2.21 bits per heavy atom. The van der Waals surface area contributed by atoms with E-state index in [1.165, 1.54) is 0 Å². The molecule has 2 unspecified atom stereocenters. The molecule has 0 bridgehead atoms. The number of rotatable bonds is 3. The number of halogens is 1. The van der Waals surface area contributed by atoms with Crippen LogP contribution in [-0.4, -0.2) is 56.7 Å². The Hall–Kier alpha value is -0.130. The maximum atomic E-state index is 11.2. The molecular weight excluding hydrogens is 226 g/mol. The number of alkyl halides is 1. The molecule has 0 aromatic heterocycles. The minimum atomic E-state index is -0.989. The first-order chi connectivity index (χ1) is 6.59. The standard InChI is InChI=1S/C8H14ClNO3S/c9-7(8(11)12)6-10-2-1-4-14(13)5-3-10/h7H,1-6H2,(H,11,12). The molecule has 0 saturated carbocycles. The largest absolute Gasteiger partial charge is 0.480 e. The van der Waals surface area contributed by atoms with Crippen molar-refractivity contribution in [1.29, 1.82) is 0 Å². The molecule has 1 saturated heterocycles. The van der Waals surface area contributed by atoms with E-state index in [-0.39, 0.29) is 0 Å². The number of aliphatic carboxylic acids is 1. The molecule has 0 amide bonds. The van der Waals surface area contributed by atoms with Gasteiger partial charge in [-0.2, -0.15) is 0 Å². The van der Waals surface area contributed by atoms with Crippen molar-refractivity contribution in [2.75, 3.05) is 31.1 Å². The van der Waals surface area contributed by atoms with Gasteiger partial charge in [-0.3, -0.25) is 9.00 Å². The molecule has 0 aromatic rings. The molecule has 82 valence electrons. The fraction of sp³-hybridized carbons (Fsp3) is 0.875. The van der Waals surface area contributed by atoms with Crippen molar-refractivity contribution in [3.63, 3.8) is 0 Å². The third-order valence-electron chi connectivity index (χ3n) is 2.17. The number of nitrogens with zero attached hydrogens (tertiary/aromatic N) is 1. The minimum absolute atomic E-state index is 0.341. The fourth-order valence-corrected chi connectivity index (χ4v) is 2.69. The highest BCUT2D eigenvalue weighted by Crippen LogP contribution is 2.05. The highest BCUT2D eigenvalue weighted by molar-refractivity contribution is 7.85. The van der Waals surface area contributed by atoms with Gasteiger partial charge in [0.05, 0.1) is 0 Å². The van der Waals surface area contributed by atoms with Crippen LogP contribution in [0.2, 0.25) is 0 Å². The van der Waals surface area contributed by atoms with Gasteiger partial charge in [-0.1, -0.05) is 0 Å². The minimum Gasteiger partial charge on any atom is -0.480 e. The van der Waals surface area contributed by atoms with E-state index < -0.39 is 22.1 Å². The maximum absolute atomic E-state index is 11.2. The second-order valence-corrected chi connectivity index (χ2v) is 5.53. The summed E-state index contributed by atoms with van der Waals surface area (Å²) in [5.74, 6) is 0.358. The molecule has 0 radical (unpaired) electrons. The van der Waals surface area contributed by atoms with Crippen molar-refractivity contribution in [2.24, 2.45) is 0 Å². The van der Waals surface area contributed by atoms with Gasteiger partial charge < -0.3 is 10.0 Å². The molecule has 14 heavy (non-hydrogen) atoms. The summed E-state index contributed by atoms with van der Waals surface area (Å²) in [6, 6.07) is 0. The molecule has 1 rings (SSSR count). The highest BCUT2D eigenvalue weighted by Gasteiger charge is 2.20.